The number of hydrogen-bond donors (Lipinski definition) is 0. The van der Waals surface area contributed by atoms with Crippen molar-refractivity contribution < 1.29 is 4.79 Å². The molecule has 5 atom stereocenters. The SMILES string of the molecule is CC(=O)C1C(C)C2=C(C(C)CCC2)C(C)C1C. The van der Waals surface area contributed by atoms with Gasteiger partial charge in [0, 0.05) is 5.92 Å². The van der Waals surface area contributed by atoms with E-state index < -0.39 is 0 Å². The molecule has 0 radical (unpaired) electrons. The Morgan fingerprint density at radius 2 is 1.76 bits per heavy atom. The van der Waals surface area contributed by atoms with Crippen molar-refractivity contribution in [2.24, 2.45) is 29.6 Å². The van der Waals surface area contributed by atoms with Crippen LogP contribution in [0.5, 0.6) is 0 Å². The van der Waals surface area contributed by atoms with Crippen molar-refractivity contribution in [3.63, 3.8) is 0 Å². The van der Waals surface area contributed by atoms with Crippen LogP contribution in [0, 0.1) is 29.6 Å². The second-order valence-electron chi connectivity index (χ2n) is 6.35. The van der Waals surface area contributed by atoms with Gasteiger partial charge in [-0.3, -0.25) is 4.79 Å². The molecule has 2 aliphatic carbocycles. The van der Waals surface area contributed by atoms with Crippen molar-refractivity contribution in [3.8, 4) is 0 Å². The van der Waals surface area contributed by atoms with E-state index in [0.29, 0.717) is 23.5 Å². The van der Waals surface area contributed by atoms with Gasteiger partial charge in [0.25, 0.3) is 0 Å². The summed E-state index contributed by atoms with van der Waals surface area (Å²) in [4.78, 5) is 11.9. The Balaban J connectivity index is 2.44. The van der Waals surface area contributed by atoms with E-state index >= 15 is 0 Å². The van der Waals surface area contributed by atoms with Crippen LogP contribution in [0.25, 0.3) is 0 Å². The molecule has 0 spiro atoms. The minimum absolute atomic E-state index is 0.258. The van der Waals surface area contributed by atoms with E-state index in [4.69, 9.17) is 0 Å². The highest BCUT2D eigenvalue weighted by Crippen LogP contribution is 2.49. The summed E-state index contributed by atoms with van der Waals surface area (Å²) in [5.41, 5.74) is 3.34. The first-order valence-corrected chi connectivity index (χ1v) is 7.18. The fourth-order valence-electron chi connectivity index (χ4n) is 4.44. The number of Topliss-reactive ketones (excluding diaryl/α,β-unsaturated/α-hetero) is 1. The Hall–Kier alpha value is -0.590. The molecule has 0 amide bonds. The van der Waals surface area contributed by atoms with Gasteiger partial charge in [-0.2, -0.15) is 0 Å². The lowest BCUT2D eigenvalue weighted by atomic mass is 9.59. The molecule has 0 fully saturated rings. The van der Waals surface area contributed by atoms with Crippen molar-refractivity contribution in [1.82, 2.24) is 0 Å². The first-order chi connectivity index (χ1) is 7.95. The van der Waals surface area contributed by atoms with Gasteiger partial charge < -0.3 is 0 Å². The number of rotatable bonds is 1. The van der Waals surface area contributed by atoms with Crippen molar-refractivity contribution in [2.75, 3.05) is 0 Å². The average molecular weight is 234 g/mol. The lowest BCUT2D eigenvalue weighted by molar-refractivity contribution is -0.124. The van der Waals surface area contributed by atoms with Gasteiger partial charge in [-0.25, -0.2) is 0 Å². The van der Waals surface area contributed by atoms with Crippen molar-refractivity contribution in [1.29, 1.82) is 0 Å². The summed E-state index contributed by atoms with van der Waals surface area (Å²) in [6, 6.07) is 0. The largest absolute Gasteiger partial charge is 0.300 e. The molecule has 0 heterocycles. The molecule has 0 saturated carbocycles. The molecule has 5 unspecified atom stereocenters. The minimum Gasteiger partial charge on any atom is -0.300 e. The molecule has 1 heteroatoms. The lowest BCUT2D eigenvalue weighted by Gasteiger charge is -2.45. The van der Waals surface area contributed by atoms with Crippen LogP contribution in [0.1, 0.15) is 53.9 Å². The zero-order chi connectivity index (χ0) is 12.7. The zero-order valence-electron chi connectivity index (χ0n) is 11.9. The fraction of sp³-hybridized carbons (Fsp3) is 0.812. The van der Waals surface area contributed by atoms with E-state index in [9.17, 15) is 4.79 Å². The van der Waals surface area contributed by atoms with Crippen LogP contribution in [-0.4, -0.2) is 5.78 Å². The predicted octanol–water partition coefficient (Wildman–Crippen LogP) is 4.23. The Bertz CT molecular complexity index is 353. The summed E-state index contributed by atoms with van der Waals surface area (Å²) in [6.45, 7) is 11.0. The van der Waals surface area contributed by atoms with E-state index in [-0.39, 0.29) is 5.92 Å². The summed E-state index contributed by atoms with van der Waals surface area (Å²) in [6.07, 6.45) is 3.89. The number of allylic oxidation sites excluding steroid dienone is 2. The number of carbonyl (C=O) groups excluding carboxylic acids is 1. The molecule has 0 aromatic heterocycles. The van der Waals surface area contributed by atoms with Crippen molar-refractivity contribution in [3.05, 3.63) is 11.1 Å². The van der Waals surface area contributed by atoms with Gasteiger partial charge in [-0.05, 0) is 49.9 Å². The molecule has 0 bridgehead atoms. The first kappa shape index (κ1) is 12.9. The van der Waals surface area contributed by atoms with Crippen LogP contribution in [0.4, 0.5) is 0 Å². The van der Waals surface area contributed by atoms with Gasteiger partial charge in [0.05, 0.1) is 0 Å². The zero-order valence-corrected chi connectivity index (χ0v) is 11.9. The highest BCUT2D eigenvalue weighted by atomic mass is 16.1. The fourth-order valence-corrected chi connectivity index (χ4v) is 4.44. The predicted molar refractivity (Wildman–Crippen MR) is 71.7 cm³/mol. The summed E-state index contributed by atoms with van der Waals surface area (Å²) in [7, 11) is 0. The van der Waals surface area contributed by atoms with Crippen molar-refractivity contribution >= 4 is 5.78 Å². The molecule has 1 nitrogen and oxygen atoms in total. The molecule has 0 aromatic rings. The summed E-state index contributed by atoms with van der Waals surface area (Å²) < 4.78 is 0. The van der Waals surface area contributed by atoms with Crippen LogP contribution >= 0.6 is 0 Å². The molecule has 2 rings (SSSR count). The Kier molecular flexibility index (Phi) is 3.47. The molecule has 0 aliphatic heterocycles. The number of ketones is 1. The number of carbonyl (C=O) groups is 1. The Morgan fingerprint density at radius 3 is 2.35 bits per heavy atom. The van der Waals surface area contributed by atoms with Crippen molar-refractivity contribution in [2.45, 2.75) is 53.9 Å². The lowest BCUT2D eigenvalue weighted by Crippen LogP contribution is -2.39. The normalized spacial score (nSPS) is 42.3. The maximum atomic E-state index is 11.9. The smallest absolute Gasteiger partial charge is 0.133 e. The van der Waals surface area contributed by atoms with E-state index in [1.54, 1.807) is 18.1 Å². The quantitative estimate of drug-likeness (QED) is 0.620. The molecular weight excluding hydrogens is 208 g/mol. The van der Waals surface area contributed by atoms with Crippen LogP contribution in [0.15, 0.2) is 11.1 Å². The molecule has 0 saturated heterocycles. The van der Waals surface area contributed by atoms with Gasteiger partial charge in [-0.15, -0.1) is 0 Å². The van der Waals surface area contributed by atoms with Gasteiger partial charge in [0.2, 0.25) is 0 Å². The molecule has 2 aliphatic rings. The van der Waals surface area contributed by atoms with Crippen LogP contribution in [0.2, 0.25) is 0 Å². The van der Waals surface area contributed by atoms with Gasteiger partial charge in [0.15, 0.2) is 0 Å². The van der Waals surface area contributed by atoms with Gasteiger partial charge in [-0.1, -0.05) is 38.8 Å². The average Bonchev–Trinajstić information content (AvgIpc) is 2.25. The molecular formula is C16H26O. The van der Waals surface area contributed by atoms with Gasteiger partial charge in [0.1, 0.15) is 5.78 Å². The summed E-state index contributed by atoms with van der Waals surface area (Å²) >= 11 is 0. The van der Waals surface area contributed by atoms with E-state index in [1.807, 2.05) is 0 Å². The van der Waals surface area contributed by atoms with Crippen LogP contribution in [-0.2, 0) is 4.79 Å². The third-order valence-corrected chi connectivity index (χ3v) is 5.39. The van der Waals surface area contributed by atoms with E-state index in [1.165, 1.54) is 19.3 Å². The maximum Gasteiger partial charge on any atom is 0.133 e. The van der Waals surface area contributed by atoms with E-state index in [2.05, 4.69) is 27.7 Å². The molecule has 0 aromatic carbocycles. The van der Waals surface area contributed by atoms with Gasteiger partial charge >= 0.3 is 0 Å². The monoisotopic (exact) mass is 234 g/mol. The van der Waals surface area contributed by atoms with Crippen LogP contribution in [0.3, 0.4) is 0 Å². The Morgan fingerprint density at radius 1 is 1.12 bits per heavy atom. The topological polar surface area (TPSA) is 17.1 Å². The van der Waals surface area contributed by atoms with E-state index in [0.717, 1.165) is 5.92 Å². The second-order valence-corrected chi connectivity index (χ2v) is 6.35. The minimum atomic E-state index is 0.258. The first-order valence-electron chi connectivity index (χ1n) is 7.18. The number of hydrogen-bond acceptors (Lipinski definition) is 1. The van der Waals surface area contributed by atoms with Crippen LogP contribution < -0.4 is 0 Å². The molecule has 96 valence electrons. The highest BCUT2D eigenvalue weighted by Gasteiger charge is 2.42. The third-order valence-electron chi connectivity index (χ3n) is 5.39. The standard InChI is InChI=1S/C16H26O/c1-9-7-6-8-14-12(4)16(13(5)17)11(3)10(2)15(9)14/h9-12,16H,6-8H2,1-5H3. The summed E-state index contributed by atoms with van der Waals surface area (Å²) in [5.74, 6) is 2.99. The third kappa shape index (κ3) is 1.98. The maximum absolute atomic E-state index is 11.9. The second kappa shape index (κ2) is 4.59. The summed E-state index contributed by atoms with van der Waals surface area (Å²) in [5, 5.41) is 0. The Labute approximate surface area is 106 Å². The highest BCUT2D eigenvalue weighted by molar-refractivity contribution is 5.79. The molecule has 0 N–H and O–H groups in total. The molecule has 17 heavy (non-hydrogen) atoms.